The summed E-state index contributed by atoms with van der Waals surface area (Å²) < 4.78 is 0. The highest BCUT2D eigenvalue weighted by Crippen LogP contribution is 2.13. The minimum atomic E-state index is 0.221. The van der Waals surface area contributed by atoms with Gasteiger partial charge >= 0.3 is 6.03 Å². The van der Waals surface area contributed by atoms with Crippen molar-refractivity contribution < 1.29 is 4.79 Å². The third kappa shape index (κ3) is 5.25. The zero-order chi connectivity index (χ0) is 13.4. The molecule has 0 bridgehead atoms. The zero-order valence-electron chi connectivity index (χ0n) is 12.0. The predicted octanol–water partition coefficient (Wildman–Crippen LogP) is 2.29. The third-order valence-electron chi connectivity index (χ3n) is 3.36. The lowest BCUT2D eigenvalue weighted by Gasteiger charge is -2.31. The molecule has 0 unspecified atom stereocenters. The molecule has 4 heteroatoms. The molecular weight excluding hydrogens is 226 g/mol. The first-order valence-corrected chi connectivity index (χ1v) is 7.39. The van der Waals surface area contributed by atoms with Crippen molar-refractivity contribution in [2.75, 3.05) is 32.7 Å². The maximum absolute atomic E-state index is 12.5. The zero-order valence-corrected chi connectivity index (χ0v) is 12.0. The molecule has 1 fully saturated rings. The lowest BCUT2D eigenvalue weighted by Crippen LogP contribution is -2.45. The molecule has 0 spiro atoms. The van der Waals surface area contributed by atoms with E-state index in [2.05, 4.69) is 13.8 Å². The topological polar surface area (TPSA) is 49.6 Å². The number of likely N-dealkylation sites (tertiary alicyclic amines) is 1. The third-order valence-corrected chi connectivity index (χ3v) is 3.36. The van der Waals surface area contributed by atoms with Gasteiger partial charge in [-0.15, -0.1) is 0 Å². The van der Waals surface area contributed by atoms with Crippen LogP contribution in [-0.4, -0.2) is 48.6 Å². The summed E-state index contributed by atoms with van der Waals surface area (Å²) in [6.45, 7) is 8.46. The number of carbonyl (C=O) groups excluding carboxylic acids is 1. The second kappa shape index (κ2) is 8.35. The number of urea groups is 1. The molecule has 0 radical (unpaired) electrons. The molecule has 0 aromatic heterocycles. The summed E-state index contributed by atoms with van der Waals surface area (Å²) in [6, 6.07) is 0.221. The van der Waals surface area contributed by atoms with Gasteiger partial charge in [-0.1, -0.05) is 26.7 Å². The Balaban J connectivity index is 2.54. The van der Waals surface area contributed by atoms with Crippen molar-refractivity contribution >= 4 is 6.03 Å². The van der Waals surface area contributed by atoms with Crippen LogP contribution in [-0.2, 0) is 0 Å². The van der Waals surface area contributed by atoms with Crippen LogP contribution in [0.1, 0.15) is 46.0 Å². The van der Waals surface area contributed by atoms with E-state index in [1.807, 2.05) is 9.80 Å². The highest BCUT2D eigenvalue weighted by molar-refractivity contribution is 5.74. The molecule has 4 nitrogen and oxygen atoms in total. The number of hydrogen-bond donors (Lipinski definition) is 1. The van der Waals surface area contributed by atoms with Gasteiger partial charge in [0.25, 0.3) is 0 Å². The van der Waals surface area contributed by atoms with Crippen molar-refractivity contribution in [3.05, 3.63) is 0 Å². The first kappa shape index (κ1) is 15.3. The lowest BCUT2D eigenvalue weighted by atomic mass is 10.2. The van der Waals surface area contributed by atoms with Crippen molar-refractivity contribution in [3.63, 3.8) is 0 Å². The summed E-state index contributed by atoms with van der Waals surface area (Å²) in [5, 5.41) is 0. The summed E-state index contributed by atoms with van der Waals surface area (Å²) in [5.74, 6) is 0.513. The first-order chi connectivity index (χ1) is 8.65. The van der Waals surface area contributed by atoms with Crippen molar-refractivity contribution in [2.45, 2.75) is 46.0 Å². The van der Waals surface area contributed by atoms with Gasteiger partial charge in [-0.25, -0.2) is 4.79 Å². The Morgan fingerprint density at radius 1 is 1.22 bits per heavy atom. The van der Waals surface area contributed by atoms with Crippen LogP contribution in [0.4, 0.5) is 4.79 Å². The second-order valence-corrected chi connectivity index (χ2v) is 5.67. The summed E-state index contributed by atoms with van der Waals surface area (Å²) in [4.78, 5) is 16.5. The SMILES string of the molecule is CC(C)CN(CCCN)C(=O)N1CCCCCC1. The molecule has 0 atom stereocenters. The molecule has 0 aromatic carbocycles. The number of hydrogen-bond acceptors (Lipinski definition) is 2. The van der Waals surface area contributed by atoms with E-state index >= 15 is 0 Å². The number of carbonyl (C=O) groups is 1. The average Bonchev–Trinajstić information content (AvgIpc) is 2.61. The van der Waals surface area contributed by atoms with Gasteiger partial charge in [0, 0.05) is 26.2 Å². The molecule has 1 rings (SSSR count). The van der Waals surface area contributed by atoms with Gasteiger partial charge in [-0.05, 0) is 31.7 Å². The molecule has 18 heavy (non-hydrogen) atoms. The van der Waals surface area contributed by atoms with E-state index in [1.54, 1.807) is 0 Å². The van der Waals surface area contributed by atoms with Crippen LogP contribution in [0, 0.1) is 5.92 Å². The average molecular weight is 255 g/mol. The van der Waals surface area contributed by atoms with Gasteiger partial charge in [0.05, 0.1) is 0 Å². The van der Waals surface area contributed by atoms with Gasteiger partial charge < -0.3 is 15.5 Å². The van der Waals surface area contributed by atoms with Crippen LogP contribution in [0.2, 0.25) is 0 Å². The molecule has 2 N–H and O–H groups in total. The molecule has 0 aromatic rings. The van der Waals surface area contributed by atoms with Crippen molar-refractivity contribution in [1.82, 2.24) is 9.80 Å². The Labute approximate surface area is 111 Å². The summed E-state index contributed by atoms with van der Waals surface area (Å²) >= 11 is 0. The normalized spacial score (nSPS) is 16.8. The van der Waals surface area contributed by atoms with Crippen LogP contribution in [0.15, 0.2) is 0 Å². The van der Waals surface area contributed by atoms with Gasteiger partial charge in [0.15, 0.2) is 0 Å². The minimum Gasteiger partial charge on any atom is -0.330 e. The lowest BCUT2D eigenvalue weighted by molar-refractivity contribution is 0.148. The maximum atomic E-state index is 12.5. The standard InChI is InChI=1S/C14H29N3O/c1-13(2)12-17(11-7-8-15)14(18)16-9-5-3-4-6-10-16/h13H,3-12,15H2,1-2H3. The monoisotopic (exact) mass is 255 g/mol. The van der Waals surface area contributed by atoms with Gasteiger partial charge in [0.1, 0.15) is 0 Å². The van der Waals surface area contributed by atoms with Crippen molar-refractivity contribution in [2.24, 2.45) is 11.7 Å². The molecular formula is C14H29N3O. The fourth-order valence-corrected chi connectivity index (χ4v) is 2.45. The van der Waals surface area contributed by atoms with Crippen LogP contribution < -0.4 is 5.73 Å². The highest BCUT2D eigenvalue weighted by Gasteiger charge is 2.21. The summed E-state index contributed by atoms with van der Waals surface area (Å²) in [7, 11) is 0. The van der Waals surface area contributed by atoms with Gasteiger partial charge in [-0.3, -0.25) is 0 Å². The molecule has 1 aliphatic rings. The van der Waals surface area contributed by atoms with E-state index in [-0.39, 0.29) is 6.03 Å². The van der Waals surface area contributed by atoms with Crippen molar-refractivity contribution in [3.8, 4) is 0 Å². The van der Waals surface area contributed by atoms with E-state index in [0.717, 1.165) is 45.4 Å². The predicted molar refractivity (Wildman–Crippen MR) is 75.5 cm³/mol. The molecule has 1 saturated heterocycles. The Bertz CT molecular complexity index is 235. The quantitative estimate of drug-likeness (QED) is 0.819. The number of rotatable bonds is 5. The molecule has 106 valence electrons. The Morgan fingerprint density at radius 2 is 1.83 bits per heavy atom. The van der Waals surface area contributed by atoms with Gasteiger partial charge in [-0.2, -0.15) is 0 Å². The highest BCUT2D eigenvalue weighted by atomic mass is 16.2. The molecule has 1 aliphatic heterocycles. The van der Waals surface area contributed by atoms with E-state index in [9.17, 15) is 4.79 Å². The number of nitrogens with zero attached hydrogens (tertiary/aromatic N) is 2. The number of amides is 2. The van der Waals surface area contributed by atoms with E-state index in [0.29, 0.717) is 12.5 Å². The largest absolute Gasteiger partial charge is 0.330 e. The molecule has 0 aliphatic carbocycles. The summed E-state index contributed by atoms with van der Waals surface area (Å²) in [6.07, 6.45) is 5.72. The first-order valence-electron chi connectivity index (χ1n) is 7.39. The second-order valence-electron chi connectivity index (χ2n) is 5.67. The Hall–Kier alpha value is -0.770. The van der Waals surface area contributed by atoms with E-state index in [4.69, 9.17) is 5.73 Å². The smallest absolute Gasteiger partial charge is 0.320 e. The minimum absolute atomic E-state index is 0.221. The Morgan fingerprint density at radius 3 is 2.33 bits per heavy atom. The van der Waals surface area contributed by atoms with Gasteiger partial charge in [0.2, 0.25) is 0 Å². The summed E-state index contributed by atoms with van der Waals surface area (Å²) in [5.41, 5.74) is 5.56. The Kier molecular flexibility index (Phi) is 7.09. The van der Waals surface area contributed by atoms with Crippen LogP contribution in [0.3, 0.4) is 0 Å². The maximum Gasteiger partial charge on any atom is 0.320 e. The number of nitrogens with two attached hydrogens (primary N) is 1. The van der Waals surface area contributed by atoms with E-state index in [1.165, 1.54) is 12.8 Å². The molecule has 2 amide bonds. The fraction of sp³-hybridized carbons (Fsp3) is 0.929. The van der Waals surface area contributed by atoms with Crippen molar-refractivity contribution in [1.29, 1.82) is 0 Å². The molecule has 1 heterocycles. The van der Waals surface area contributed by atoms with Crippen LogP contribution >= 0.6 is 0 Å². The molecule has 0 saturated carbocycles. The fourth-order valence-electron chi connectivity index (χ4n) is 2.45. The van der Waals surface area contributed by atoms with Crippen LogP contribution in [0.25, 0.3) is 0 Å². The van der Waals surface area contributed by atoms with E-state index < -0.39 is 0 Å². The van der Waals surface area contributed by atoms with Crippen LogP contribution in [0.5, 0.6) is 0 Å².